The average Bonchev–Trinajstić information content (AvgIpc) is 2.70. The van der Waals surface area contributed by atoms with Crippen molar-refractivity contribution in [3.63, 3.8) is 0 Å². The van der Waals surface area contributed by atoms with E-state index in [-0.39, 0.29) is 12.3 Å². The Hall–Kier alpha value is -1.83. The maximum Gasteiger partial charge on any atom is 0.306 e. The molecular formula is C23H39NO6. The topological polar surface area (TPSA) is 111 Å². The van der Waals surface area contributed by atoms with E-state index in [1.54, 1.807) is 14.0 Å². The van der Waals surface area contributed by atoms with Crippen LogP contribution in [0, 0.1) is 17.8 Å². The molecule has 0 spiro atoms. The van der Waals surface area contributed by atoms with Gasteiger partial charge in [0.15, 0.2) is 11.5 Å². The summed E-state index contributed by atoms with van der Waals surface area (Å²) in [7, 11) is 1.61. The summed E-state index contributed by atoms with van der Waals surface area (Å²) >= 11 is 0. The van der Waals surface area contributed by atoms with Gasteiger partial charge in [0.1, 0.15) is 6.61 Å². The molecule has 1 aromatic rings. The minimum Gasteiger partial charge on any atom is -0.493 e. The number of nitrogens with two attached hydrogens (primary N) is 1. The van der Waals surface area contributed by atoms with E-state index in [1.165, 1.54) is 0 Å². The van der Waals surface area contributed by atoms with E-state index in [0.29, 0.717) is 43.7 Å². The van der Waals surface area contributed by atoms with Gasteiger partial charge in [-0.3, -0.25) is 4.79 Å². The van der Waals surface area contributed by atoms with Crippen LogP contribution in [0.4, 0.5) is 0 Å². The molecule has 0 saturated heterocycles. The summed E-state index contributed by atoms with van der Waals surface area (Å²) in [6.45, 7) is 9.40. The van der Waals surface area contributed by atoms with Crippen LogP contribution >= 0.6 is 0 Å². The lowest BCUT2D eigenvalue weighted by atomic mass is 9.82. The monoisotopic (exact) mass is 425 g/mol. The van der Waals surface area contributed by atoms with Gasteiger partial charge in [-0.1, -0.05) is 26.8 Å². The summed E-state index contributed by atoms with van der Waals surface area (Å²) in [5, 5.41) is 19.4. The van der Waals surface area contributed by atoms with Gasteiger partial charge in [0, 0.05) is 12.6 Å². The fourth-order valence-corrected chi connectivity index (χ4v) is 3.35. The summed E-state index contributed by atoms with van der Waals surface area (Å²) < 4.78 is 16.5. The quantitative estimate of drug-likeness (QED) is 0.370. The zero-order valence-corrected chi connectivity index (χ0v) is 19.0. The Balaban J connectivity index is 2.80. The molecule has 0 aliphatic rings. The number of carboxylic acids is 1. The number of hydrogen-bond donors (Lipinski definition) is 3. The molecule has 7 heteroatoms. The molecule has 0 saturated carbocycles. The number of carbonyl (C=O) groups is 1. The molecule has 7 nitrogen and oxygen atoms in total. The number of ether oxygens (including phenoxy) is 3. The van der Waals surface area contributed by atoms with Crippen molar-refractivity contribution in [1.29, 1.82) is 0 Å². The van der Waals surface area contributed by atoms with Gasteiger partial charge in [0.25, 0.3) is 0 Å². The van der Waals surface area contributed by atoms with E-state index in [1.807, 2.05) is 25.1 Å². The number of aliphatic hydroxyl groups excluding tert-OH is 1. The standard InChI is InChI=1S/C23H39NO6/c1-6-29-9-10-30-22-13-17(7-8-21(22)28-5)12-18(15(2)3)14-19(24)20(25)11-16(4)23(26)27/h7-8,13,15-16,18-20,25H,6,9-12,14,24H2,1-5H3,(H,26,27). The molecule has 0 fully saturated rings. The highest BCUT2D eigenvalue weighted by atomic mass is 16.5. The third-order valence-electron chi connectivity index (χ3n) is 5.44. The minimum absolute atomic E-state index is 0.154. The molecule has 0 heterocycles. The zero-order chi connectivity index (χ0) is 22.7. The van der Waals surface area contributed by atoms with Gasteiger partial charge in [0.2, 0.25) is 0 Å². The van der Waals surface area contributed by atoms with E-state index >= 15 is 0 Å². The number of aliphatic hydroxyl groups is 1. The fraction of sp³-hybridized carbons (Fsp3) is 0.696. The molecule has 1 rings (SSSR count). The second-order valence-corrected chi connectivity index (χ2v) is 8.18. The molecule has 0 aliphatic heterocycles. The van der Waals surface area contributed by atoms with Gasteiger partial charge in [-0.2, -0.15) is 0 Å². The largest absolute Gasteiger partial charge is 0.493 e. The van der Waals surface area contributed by atoms with Gasteiger partial charge in [-0.25, -0.2) is 0 Å². The Morgan fingerprint density at radius 3 is 2.40 bits per heavy atom. The zero-order valence-electron chi connectivity index (χ0n) is 19.0. The number of aliphatic carboxylic acids is 1. The number of benzene rings is 1. The highest BCUT2D eigenvalue weighted by Crippen LogP contribution is 2.31. The van der Waals surface area contributed by atoms with E-state index in [9.17, 15) is 9.90 Å². The first-order valence-corrected chi connectivity index (χ1v) is 10.7. The molecule has 30 heavy (non-hydrogen) atoms. The van der Waals surface area contributed by atoms with Crippen molar-refractivity contribution < 1.29 is 29.2 Å². The maximum absolute atomic E-state index is 11.0. The van der Waals surface area contributed by atoms with Crippen LogP contribution in [0.5, 0.6) is 11.5 Å². The van der Waals surface area contributed by atoms with E-state index in [0.717, 1.165) is 12.0 Å². The number of rotatable bonds is 15. The Morgan fingerprint density at radius 2 is 1.83 bits per heavy atom. The van der Waals surface area contributed by atoms with Gasteiger partial charge in [-0.05, 0) is 55.7 Å². The van der Waals surface area contributed by atoms with Crippen molar-refractivity contribution in [2.24, 2.45) is 23.5 Å². The SMILES string of the molecule is CCOCCOc1cc(CC(CC(N)C(O)CC(C)C(=O)O)C(C)C)ccc1OC. The predicted molar refractivity (Wildman–Crippen MR) is 117 cm³/mol. The molecule has 4 unspecified atom stereocenters. The first-order chi connectivity index (χ1) is 14.2. The molecule has 4 N–H and O–H groups in total. The molecule has 0 amide bonds. The highest BCUT2D eigenvalue weighted by molar-refractivity contribution is 5.69. The minimum atomic E-state index is -0.920. The Labute approximate surface area is 180 Å². The molecule has 0 aliphatic carbocycles. The van der Waals surface area contributed by atoms with Crippen LogP contribution in [0.2, 0.25) is 0 Å². The van der Waals surface area contributed by atoms with Crippen molar-refractivity contribution in [2.45, 2.75) is 59.1 Å². The molecule has 0 radical (unpaired) electrons. The van der Waals surface area contributed by atoms with Crippen LogP contribution in [-0.4, -0.2) is 55.3 Å². The Bertz CT molecular complexity index is 636. The fourth-order valence-electron chi connectivity index (χ4n) is 3.35. The predicted octanol–water partition coefficient (Wildman–Crippen LogP) is 3.11. The molecular weight excluding hydrogens is 386 g/mol. The van der Waals surface area contributed by atoms with Crippen LogP contribution in [0.1, 0.15) is 46.1 Å². The molecule has 0 aromatic heterocycles. The Kier molecular flexibility index (Phi) is 11.8. The van der Waals surface area contributed by atoms with Gasteiger partial charge in [-0.15, -0.1) is 0 Å². The summed E-state index contributed by atoms with van der Waals surface area (Å²) in [5.41, 5.74) is 7.32. The van der Waals surface area contributed by atoms with Crippen LogP contribution in [-0.2, 0) is 16.0 Å². The van der Waals surface area contributed by atoms with E-state index in [4.69, 9.17) is 25.1 Å². The smallest absolute Gasteiger partial charge is 0.306 e. The second kappa shape index (κ2) is 13.5. The number of hydrogen-bond acceptors (Lipinski definition) is 6. The second-order valence-electron chi connectivity index (χ2n) is 8.18. The lowest BCUT2D eigenvalue weighted by molar-refractivity contribution is -0.142. The van der Waals surface area contributed by atoms with Crippen molar-refractivity contribution in [2.75, 3.05) is 26.9 Å². The summed E-state index contributed by atoms with van der Waals surface area (Å²) in [4.78, 5) is 11.0. The first-order valence-electron chi connectivity index (χ1n) is 10.7. The van der Waals surface area contributed by atoms with Crippen molar-refractivity contribution in [3.05, 3.63) is 23.8 Å². The van der Waals surface area contributed by atoms with Crippen molar-refractivity contribution in [1.82, 2.24) is 0 Å². The van der Waals surface area contributed by atoms with Gasteiger partial charge in [0.05, 0.1) is 25.7 Å². The van der Waals surface area contributed by atoms with Crippen molar-refractivity contribution >= 4 is 5.97 Å². The lowest BCUT2D eigenvalue weighted by Gasteiger charge is -2.28. The highest BCUT2D eigenvalue weighted by Gasteiger charge is 2.26. The van der Waals surface area contributed by atoms with E-state index in [2.05, 4.69) is 13.8 Å². The molecule has 1 aromatic carbocycles. The van der Waals surface area contributed by atoms with Crippen LogP contribution < -0.4 is 15.2 Å². The Morgan fingerprint density at radius 1 is 1.13 bits per heavy atom. The van der Waals surface area contributed by atoms with Crippen LogP contribution in [0.15, 0.2) is 18.2 Å². The third kappa shape index (κ3) is 8.90. The molecule has 4 atom stereocenters. The van der Waals surface area contributed by atoms with Gasteiger partial charge >= 0.3 is 5.97 Å². The van der Waals surface area contributed by atoms with Crippen molar-refractivity contribution in [3.8, 4) is 11.5 Å². The maximum atomic E-state index is 11.0. The number of carboxylic acid groups (broad SMARTS) is 1. The van der Waals surface area contributed by atoms with Crippen LogP contribution in [0.3, 0.4) is 0 Å². The summed E-state index contributed by atoms with van der Waals surface area (Å²) in [5.74, 6) is 0.394. The normalized spacial score (nSPS) is 15.5. The summed E-state index contributed by atoms with van der Waals surface area (Å²) in [6, 6.07) is 5.41. The van der Waals surface area contributed by atoms with Crippen LogP contribution in [0.25, 0.3) is 0 Å². The molecule has 172 valence electrons. The van der Waals surface area contributed by atoms with E-state index < -0.39 is 24.0 Å². The first kappa shape index (κ1) is 26.2. The average molecular weight is 426 g/mol. The number of methoxy groups -OCH3 is 1. The third-order valence-corrected chi connectivity index (χ3v) is 5.44. The molecule has 0 bridgehead atoms. The van der Waals surface area contributed by atoms with Gasteiger partial charge < -0.3 is 30.2 Å². The lowest BCUT2D eigenvalue weighted by Crippen LogP contribution is -2.39. The summed E-state index contributed by atoms with van der Waals surface area (Å²) in [6.07, 6.45) is 0.698.